The van der Waals surface area contributed by atoms with Gasteiger partial charge in [0.05, 0.1) is 7.11 Å². The predicted molar refractivity (Wildman–Crippen MR) is 100 cm³/mol. The van der Waals surface area contributed by atoms with Crippen molar-refractivity contribution in [3.63, 3.8) is 0 Å². The Morgan fingerprint density at radius 3 is 2.63 bits per heavy atom. The number of benzene rings is 2. The first-order valence-electron chi connectivity index (χ1n) is 8.96. The van der Waals surface area contributed by atoms with Crippen LogP contribution in [0.5, 0.6) is 5.75 Å². The average Bonchev–Trinajstić information content (AvgIpc) is 3.12. The van der Waals surface area contributed by atoms with Gasteiger partial charge in [0.15, 0.2) is 5.76 Å². The van der Waals surface area contributed by atoms with Crippen molar-refractivity contribution in [1.29, 1.82) is 0 Å². The van der Waals surface area contributed by atoms with Crippen LogP contribution < -0.4 is 4.74 Å². The van der Waals surface area contributed by atoms with Crippen LogP contribution in [0.4, 0.5) is 4.39 Å². The maximum Gasteiger partial charge on any atom is 0.289 e. The molecule has 4 rings (SSSR count). The van der Waals surface area contributed by atoms with E-state index in [0.717, 1.165) is 16.5 Å². The number of fused-ring (bicyclic) bond motifs is 1. The summed E-state index contributed by atoms with van der Waals surface area (Å²) in [5.41, 5.74) is 1.53. The van der Waals surface area contributed by atoms with Crippen molar-refractivity contribution in [2.24, 2.45) is 0 Å². The Kier molecular flexibility index (Phi) is 4.81. The molecular weight excluding hydrogens is 347 g/mol. The van der Waals surface area contributed by atoms with Crippen LogP contribution in [-0.2, 0) is 6.54 Å². The average molecular weight is 368 g/mol. The van der Waals surface area contributed by atoms with Crippen molar-refractivity contribution < 1.29 is 18.3 Å². The summed E-state index contributed by atoms with van der Waals surface area (Å²) in [4.78, 5) is 16.7. The number of carbonyl (C=O) groups excluding carboxylic acids is 1. The smallest absolute Gasteiger partial charge is 0.289 e. The molecule has 2 aromatic carbocycles. The van der Waals surface area contributed by atoms with E-state index in [1.165, 1.54) is 12.1 Å². The van der Waals surface area contributed by atoms with Gasteiger partial charge >= 0.3 is 0 Å². The van der Waals surface area contributed by atoms with E-state index in [-0.39, 0.29) is 11.7 Å². The molecule has 0 bridgehead atoms. The zero-order valence-corrected chi connectivity index (χ0v) is 15.2. The molecule has 0 saturated carbocycles. The summed E-state index contributed by atoms with van der Waals surface area (Å²) in [6.45, 7) is 3.23. The van der Waals surface area contributed by atoms with Gasteiger partial charge in [-0.05, 0) is 30.3 Å². The van der Waals surface area contributed by atoms with Gasteiger partial charge in [0.1, 0.15) is 17.1 Å². The number of piperazine rings is 1. The molecule has 27 heavy (non-hydrogen) atoms. The lowest BCUT2D eigenvalue weighted by molar-refractivity contribution is 0.0599. The largest absolute Gasteiger partial charge is 0.496 e. The number of halogens is 1. The van der Waals surface area contributed by atoms with E-state index in [1.807, 2.05) is 24.3 Å². The molecule has 0 unspecified atom stereocenters. The maximum atomic E-state index is 13.5. The molecule has 0 aliphatic carbocycles. The molecule has 2 heterocycles. The summed E-state index contributed by atoms with van der Waals surface area (Å²) in [7, 11) is 1.58. The number of nitrogens with zero attached hydrogens (tertiary/aromatic N) is 2. The highest BCUT2D eigenvalue weighted by Crippen LogP contribution is 2.23. The lowest BCUT2D eigenvalue weighted by Crippen LogP contribution is -2.48. The molecule has 6 heteroatoms. The van der Waals surface area contributed by atoms with Gasteiger partial charge in [0.25, 0.3) is 5.91 Å². The second-order valence-electron chi connectivity index (χ2n) is 6.67. The fourth-order valence-electron chi connectivity index (χ4n) is 3.46. The van der Waals surface area contributed by atoms with Crippen LogP contribution in [0.25, 0.3) is 11.0 Å². The Labute approximate surface area is 156 Å². The van der Waals surface area contributed by atoms with Gasteiger partial charge in [-0.25, -0.2) is 4.39 Å². The highest BCUT2D eigenvalue weighted by atomic mass is 19.1. The van der Waals surface area contributed by atoms with Gasteiger partial charge in [-0.1, -0.05) is 18.2 Å². The molecule has 0 atom stereocenters. The predicted octanol–water partition coefficient (Wildman–Crippen LogP) is 3.54. The molecule has 3 aromatic rings. The number of ether oxygens (including phenoxy) is 1. The number of methoxy groups -OCH3 is 1. The van der Waals surface area contributed by atoms with Crippen LogP contribution in [0, 0.1) is 5.82 Å². The van der Waals surface area contributed by atoms with Crippen LogP contribution >= 0.6 is 0 Å². The fourth-order valence-corrected chi connectivity index (χ4v) is 3.46. The SMILES string of the molecule is COc1ccc(F)cc1CN1CCN(C(=O)c2cc3ccccc3o2)CC1. The van der Waals surface area contributed by atoms with Gasteiger partial charge in [0.2, 0.25) is 0 Å². The molecule has 5 nitrogen and oxygen atoms in total. The van der Waals surface area contributed by atoms with E-state index in [2.05, 4.69) is 4.90 Å². The van der Waals surface area contributed by atoms with Crippen molar-refractivity contribution in [3.05, 3.63) is 65.7 Å². The molecule has 1 aliphatic heterocycles. The fraction of sp³-hybridized carbons (Fsp3) is 0.286. The summed E-state index contributed by atoms with van der Waals surface area (Å²) in [6.07, 6.45) is 0. The minimum absolute atomic E-state index is 0.0887. The highest BCUT2D eigenvalue weighted by molar-refractivity contribution is 5.96. The number of hydrogen-bond donors (Lipinski definition) is 0. The van der Waals surface area contributed by atoms with Crippen molar-refractivity contribution in [3.8, 4) is 5.75 Å². The Bertz CT molecular complexity index is 928. The minimum Gasteiger partial charge on any atom is -0.496 e. The van der Waals surface area contributed by atoms with Crippen LogP contribution in [0.15, 0.2) is 52.9 Å². The number of furan rings is 1. The molecule has 1 saturated heterocycles. The highest BCUT2D eigenvalue weighted by Gasteiger charge is 2.25. The Morgan fingerprint density at radius 2 is 1.89 bits per heavy atom. The van der Waals surface area contributed by atoms with E-state index in [4.69, 9.17) is 9.15 Å². The van der Waals surface area contributed by atoms with Crippen LogP contribution in [-0.4, -0.2) is 49.0 Å². The Balaban J connectivity index is 1.40. The summed E-state index contributed by atoms with van der Waals surface area (Å²) in [6, 6.07) is 13.9. The summed E-state index contributed by atoms with van der Waals surface area (Å²) >= 11 is 0. The van der Waals surface area contributed by atoms with Gasteiger partial charge in [-0.15, -0.1) is 0 Å². The van der Waals surface area contributed by atoms with Crippen molar-refractivity contribution >= 4 is 16.9 Å². The van der Waals surface area contributed by atoms with Crippen LogP contribution in [0.2, 0.25) is 0 Å². The van der Waals surface area contributed by atoms with Crippen LogP contribution in [0.3, 0.4) is 0 Å². The standard InChI is InChI=1S/C21H21FN2O3/c1-26-18-7-6-17(22)12-16(18)14-23-8-10-24(11-9-23)21(25)20-13-15-4-2-3-5-19(15)27-20/h2-7,12-13H,8-11,14H2,1H3. The second-order valence-corrected chi connectivity index (χ2v) is 6.67. The van der Waals surface area contributed by atoms with Crippen molar-refractivity contribution in [2.45, 2.75) is 6.54 Å². The van der Waals surface area contributed by atoms with Gasteiger partial charge in [-0.2, -0.15) is 0 Å². The summed E-state index contributed by atoms with van der Waals surface area (Å²) < 4.78 is 24.5. The van der Waals surface area contributed by atoms with E-state index in [9.17, 15) is 9.18 Å². The molecule has 1 amide bonds. The van der Waals surface area contributed by atoms with E-state index < -0.39 is 0 Å². The Hall–Kier alpha value is -2.86. The van der Waals surface area contributed by atoms with Crippen molar-refractivity contribution in [1.82, 2.24) is 9.80 Å². The number of amides is 1. The molecule has 0 N–H and O–H groups in total. The van der Waals surface area contributed by atoms with Gasteiger partial charge < -0.3 is 14.1 Å². The number of carbonyl (C=O) groups is 1. The van der Waals surface area contributed by atoms with Gasteiger partial charge in [0, 0.05) is 43.7 Å². The molecule has 1 fully saturated rings. The lowest BCUT2D eigenvalue weighted by atomic mass is 10.1. The molecule has 0 spiro atoms. The third kappa shape index (κ3) is 3.66. The quantitative estimate of drug-likeness (QED) is 0.707. The normalized spacial score (nSPS) is 15.3. The van der Waals surface area contributed by atoms with E-state index in [0.29, 0.717) is 44.2 Å². The van der Waals surface area contributed by atoms with Gasteiger partial charge in [-0.3, -0.25) is 9.69 Å². The molecule has 1 aliphatic rings. The third-order valence-electron chi connectivity index (χ3n) is 4.93. The topological polar surface area (TPSA) is 45.9 Å². The van der Waals surface area contributed by atoms with Crippen LogP contribution in [0.1, 0.15) is 16.1 Å². The monoisotopic (exact) mass is 368 g/mol. The molecular formula is C21H21FN2O3. The lowest BCUT2D eigenvalue weighted by Gasteiger charge is -2.34. The molecule has 1 aromatic heterocycles. The number of para-hydroxylation sites is 1. The minimum atomic E-state index is -0.274. The first kappa shape index (κ1) is 17.5. The summed E-state index contributed by atoms with van der Waals surface area (Å²) in [5.74, 6) is 0.687. The van der Waals surface area contributed by atoms with E-state index >= 15 is 0 Å². The zero-order valence-electron chi connectivity index (χ0n) is 15.2. The first-order chi connectivity index (χ1) is 13.1. The third-order valence-corrected chi connectivity index (χ3v) is 4.93. The number of rotatable bonds is 4. The van der Waals surface area contributed by atoms with Crippen molar-refractivity contribution in [2.75, 3.05) is 33.3 Å². The molecule has 0 radical (unpaired) electrons. The zero-order chi connectivity index (χ0) is 18.8. The maximum absolute atomic E-state index is 13.5. The molecule has 140 valence electrons. The first-order valence-corrected chi connectivity index (χ1v) is 8.96. The second kappa shape index (κ2) is 7.40. The number of hydrogen-bond acceptors (Lipinski definition) is 4. The van der Waals surface area contributed by atoms with E-state index in [1.54, 1.807) is 24.1 Å². The summed E-state index contributed by atoms with van der Waals surface area (Å²) in [5, 5.41) is 0.928. The Morgan fingerprint density at radius 1 is 1.11 bits per heavy atom.